The third-order valence-electron chi connectivity index (χ3n) is 5.52. The van der Waals surface area contributed by atoms with Gasteiger partial charge in [0.1, 0.15) is 0 Å². The van der Waals surface area contributed by atoms with Crippen LogP contribution in [0.25, 0.3) is 43.1 Å². The van der Waals surface area contributed by atoms with Crippen molar-refractivity contribution in [2.45, 2.75) is 26.9 Å². The van der Waals surface area contributed by atoms with Crippen molar-refractivity contribution in [1.82, 2.24) is 0 Å². The summed E-state index contributed by atoms with van der Waals surface area (Å²) >= 11 is 0. The van der Waals surface area contributed by atoms with Crippen molar-refractivity contribution in [3.05, 3.63) is 108 Å². The zero-order valence-corrected chi connectivity index (χ0v) is 25.0. The van der Waals surface area contributed by atoms with E-state index >= 15 is 0 Å². The van der Waals surface area contributed by atoms with Crippen LogP contribution in [-0.4, -0.2) is 9.52 Å². The third kappa shape index (κ3) is 6.70. The van der Waals surface area contributed by atoms with E-state index in [1.807, 2.05) is 0 Å². The van der Waals surface area contributed by atoms with E-state index < -0.39 is 0 Å². The fourth-order valence-corrected chi connectivity index (χ4v) is 4.23. The molecule has 6 aromatic carbocycles. The Balaban J connectivity index is 0.000000283. The molecule has 0 unspecified atom stereocenters. The summed E-state index contributed by atoms with van der Waals surface area (Å²) in [5, 5.41) is 10.8. The quantitative estimate of drug-likeness (QED) is 0.192. The first-order valence-corrected chi connectivity index (χ1v) is 12.8. The molecule has 34 heavy (non-hydrogen) atoms. The van der Waals surface area contributed by atoms with Gasteiger partial charge in [0.15, 0.2) is 0 Å². The van der Waals surface area contributed by atoms with Crippen molar-refractivity contribution in [3.63, 3.8) is 0 Å². The van der Waals surface area contributed by atoms with Crippen LogP contribution < -0.4 is 24.8 Å². The Bertz CT molecular complexity index is 1350. The number of benzene rings is 4. The molecular formula is C30H28Cl2SiZr. The van der Waals surface area contributed by atoms with Crippen molar-refractivity contribution in [2.24, 2.45) is 0 Å². The predicted molar refractivity (Wildman–Crippen MR) is 141 cm³/mol. The minimum atomic E-state index is 0. The van der Waals surface area contributed by atoms with Crippen LogP contribution in [0.2, 0.25) is 13.1 Å². The van der Waals surface area contributed by atoms with Gasteiger partial charge in [-0.2, -0.15) is 12.1 Å². The van der Waals surface area contributed by atoms with Gasteiger partial charge in [-0.3, -0.25) is 0 Å². The van der Waals surface area contributed by atoms with Gasteiger partial charge in [0.2, 0.25) is 0 Å². The second-order valence-corrected chi connectivity index (χ2v) is 9.14. The molecule has 0 aliphatic heterocycles. The number of fused-ring (bicyclic) bond motifs is 6. The SMILES string of the molecule is C[Si]C.Cc1cc2c(ccc3ccccc32)[cH-]1.Cc1cc2c(ccc3ccccc32)[cH-]1.[Cl-].[Cl-].[Zr+4]. The van der Waals surface area contributed by atoms with Gasteiger partial charge in [-0.25, -0.2) is 0 Å². The van der Waals surface area contributed by atoms with E-state index in [2.05, 4.69) is 124 Å². The Labute approximate surface area is 237 Å². The molecule has 6 rings (SSSR count). The van der Waals surface area contributed by atoms with Crippen LogP contribution in [0, 0.1) is 13.8 Å². The molecule has 0 aromatic heterocycles. The first-order valence-electron chi connectivity index (χ1n) is 10.8. The molecule has 0 N–H and O–H groups in total. The maximum absolute atomic E-state index is 2.26. The van der Waals surface area contributed by atoms with Gasteiger partial charge < -0.3 is 24.8 Å². The summed E-state index contributed by atoms with van der Waals surface area (Å²) in [6, 6.07) is 34.9. The van der Waals surface area contributed by atoms with Crippen molar-refractivity contribution < 1.29 is 51.0 Å². The van der Waals surface area contributed by atoms with Gasteiger partial charge in [0.05, 0.1) is 0 Å². The van der Waals surface area contributed by atoms with E-state index in [1.165, 1.54) is 54.2 Å². The summed E-state index contributed by atoms with van der Waals surface area (Å²) in [5.74, 6) is 0. The van der Waals surface area contributed by atoms with Crippen LogP contribution in [0.3, 0.4) is 0 Å². The minimum absolute atomic E-state index is 0. The molecule has 0 fully saturated rings. The van der Waals surface area contributed by atoms with Crippen LogP contribution in [-0.2, 0) is 26.2 Å². The van der Waals surface area contributed by atoms with Gasteiger partial charge >= 0.3 is 26.2 Å². The first kappa shape index (κ1) is 30.3. The molecule has 0 saturated heterocycles. The number of halogens is 2. The fourth-order valence-electron chi connectivity index (χ4n) is 4.23. The molecule has 2 radical (unpaired) electrons. The summed E-state index contributed by atoms with van der Waals surface area (Å²) in [6.45, 7) is 8.60. The van der Waals surface area contributed by atoms with E-state index in [4.69, 9.17) is 0 Å². The molecule has 0 bridgehead atoms. The summed E-state index contributed by atoms with van der Waals surface area (Å²) in [5.41, 5.74) is 2.69. The third-order valence-corrected chi connectivity index (χ3v) is 5.52. The van der Waals surface area contributed by atoms with Gasteiger partial charge in [0.25, 0.3) is 0 Å². The van der Waals surface area contributed by atoms with Crippen LogP contribution >= 0.6 is 0 Å². The maximum Gasteiger partial charge on any atom is 4.00 e. The van der Waals surface area contributed by atoms with Crippen LogP contribution in [0.15, 0.2) is 97.1 Å². The Morgan fingerprint density at radius 1 is 0.529 bits per heavy atom. The Hall–Kier alpha value is -1.70. The zero-order chi connectivity index (χ0) is 21.8. The van der Waals surface area contributed by atoms with Crippen LogP contribution in [0.4, 0.5) is 0 Å². The molecule has 4 heteroatoms. The molecule has 0 amide bonds. The van der Waals surface area contributed by atoms with Gasteiger partial charge in [-0.05, 0) is 10.8 Å². The van der Waals surface area contributed by atoms with Gasteiger partial charge in [0, 0.05) is 9.52 Å². The average molecular weight is 579 g/mol. The number of rotatable bonds is 0. The molecule has 0 atom stereocenters. The molecule has 0 heterocycles. The van der Waals surface area contributed by atoms with E-state index in [-0.39, 0.29) is 51.0 Å². The van der Waals surface area contributed by atoms with Crippen molar-refractivity contribution >= 4 is 52.6 Å². The normalized spacial score (nSPS) is 9.76. The van der Waals surface area contributed by atoms with Crippen molar-refractivity contribution in [3.8, 4) is 0 Å². The maximum atomic E-state index is 2.26. The smallest absolute Gasteiger partial charge is 1.00 e. The first-order chi connectivity index (χ1) is 15.1. The predicted octanol–water partition coefficient (Wildman–Crippen LogP) is 2.83. The topological polar surface area (TPSA) is 0 Å². The minimum Gasteiger partial charge on any atom is -1.00 e. The second-order valence-electron chi connectivity index (χ2n) is 8.14. The standard InChI is InChI=1S/2C14H11.C2H6Si.2ClH.Zr/c2*1-10-8-12-7-6-11-4-2-3-5-13(11)14(12)9-10;1-3-2;;;/h2*2-9H,1H3;1-2H3;2*1H;/q2*-1;;;;+4/p-2. The largest absolute Gasteiger partial charge is 4.00 e. The summed E-state index contributed by atoms with van der Waals surface area (Å²) < 4.78 is 0. The number of hydrogen-bond donors (Lipinski definition) is 0. The molecule has 0 nitrogen and oxygen atoms in total. The molecule has 0 aliphatic rings. The molecule has 0 aliphatic carbocycles. The molecule has 0 spiro atoms. The Morgan fingerprint density at radius 2 is 0.882 bits per heavy atom. The monoisotopic (exact) mass is 576 g/mol. The van der Waals surface area contributed by atoms with E-state index in [9.17, 15) is 0 Å². The fraction of sp³-hybridized carbons (Fsp3) is 0.133. The van der Waals surface area contributed by atoms with Gasteiger partial charge in [-0.15, -0.1) is 56.9 Å². The van der Waals surface area contributed by atoms with Crippen LogP contribution in [0.5, 0.6) is 0 Å². The molecular weight excluding hydrogens is 551 g/mol. The summed E-state index contributed by atoms with van der Waals surface area (Å²) in [6.07, 6.45) is 0. The van der Waals surface area contributed by atoms with E-state index in [1.54, 1.807) is 0 Å². The summed E-state index contributed by atoms with van der Waals surface area (Å²) in [7, 11) is 1.08. The summed E-state index contributed by atoms with van der Waals surface area (Å²) in [4.78, 5) is 0. The molecule has 0 saturated carbocycles. The van der Waals surface area contributed by atoms with Crippen LogP contribution in [0.1, 0.15) is 11.1 Å². The van der Waals surface area contributed by atoms with Crippen molar-refractivity contribution in [2.75, 3.05) is 0 Å². The number of hydrogen-bond acceptors (Lipinski definition) is 0. The molecule has 6 aromatic rings. The average Bonchev–Trinajstić information content (AvgIpc) is 3.36. The van der Waals surface area contributed by atoms with Gasteiger partial charge in [-0.1, -0.05) is 98.4 Å². The number of aryl methyl sites for hydroxylation is 2. The van der Waals surface area contributed by atoms with E-state index in [0.29, 0.717) is 0 Å². The molecule has 170 valence electrons. The van der Waals surface area contributed by atoms with E-state index in [0.717, 1.165) is 9.52 Å². The Kier molecular flexibility index (Phi) is 12.5. The second kappa shape index (κ2) is 14.0. The van der Waals surface area contributed by atoms with Crippen molar-refractivity contribution in [1.29, 1.82) is 0 Å². The Morgan fingerprint density at radius 3 is 1.26 bits per heavy atom. The zero-order valence-electron chi connectivity index (χ0n) is 20.0.